The van der Waals surface area contributed by atoms with E-state index in [1.165, 1.54) is 0 Å². The molecule has 0 amide bonds. The van der Waals surface area contributed by atoms with Gasteiger partial charge in [0, 0.05) is 23.5 Å². The van der Waals surface area contributed by atoms with Crippen LogP contribution in [0.4, 0.5) is 0 Å². The van der Waals surface area contributed by atoms with Crippen LogP contribution in [0.15, 0.2) is 60.9 Å². The van der Waals surface area contributed by atoms with Crippen molar-refractivity contribution in [2.75, 3.05) is 7.11 Å². The summed E-state index contributed by atoms with van der Waals surface area (Å²) in [5.41, 5.74) is 3.59. The van der Waals surface area contributed by atoms with Crippen LogP contribution in [0.1, 0.15) is 17.3 Å². The molecular weight excluding hydrogens is 276 g/mol. The number of carbonyl (C=O) groups is 1. The number of hydrogen-bond donors (Lipinski definition) is 0. The Balaban J connectivity index is 2.16. The van der Waals surface area contributed by atoms with Crippen LogP contribution < -0.4 is 4.74 Å². The molecule has 0 aliphatic heterocycles. The molecule has 0 fully saturated rings. The normalized spacial score (nSPS) is 10.5. The van der Waals surface area contributed by atoms with Gasteiger partial charge >= 0.3 is 0 Å². The molecule has 4 heteroatoms. The Bertz CT molecular complexity index is 790. The topological polar surface area (TPSA) is 44.1 Å². The van der Waals surface area contributed by atoms with Gasteiger partial charge in [0.2, 0.25) is 0 Å². The van der Waals surface area contributed by atoms with E-state index < -0.39 is 0 Å². The van der Waals surface area contributed by atoms with Gasteiger partial charge in [-0.2, -0.15) is 5.10 Å². The minimum atomic E-state index is 0.0597. The van der Waals surface area contributed by atoms with Crippen molar-refractivity contribution in [3.05, 3.63) is 66.5 Å². The van der Waals surface area contributed by atoms with Crippen LogP contribution in [0, 0.1) is 0 Å². The highest BCUT2D eigenvalue weighted by Gasteiger charge is 2.13. The Morgan fingerprint density at radius 1 is 1.09 bits per heavy atom. The smallest absolute Gasteiger partial charge is 0.159 e. The number of rotatable bonds is 4. The summed E-state index contributed by atoms with van der Waals surface area (Å²) in [4.78, 5) is 11.4. The average Bonchev–Trinajstić information content (AvgIpc) is 3.08. The molecule has 0 spiro atoms. The number of hydrogen-bond acceptors (Lipinski definition) is 3. The zero-order valence-electron chi connectivity index (χ0n) is 12.5. The fourth-order valence-corrected chi connectivity index (χ4v) is 2.44. The fraction of sp³-hybridized carbons (Fsp3) is 0.111. The summed E-state index contributed by atoms with van der Waals surface area (Å²) in [6.07, 6.45) is 3.61. The molecule has 0 atom stereocenters. The van der Waals surface area contributed by atoms with Gasteiger partial charge in [-0.1, -0.05) is 36.4 Å². The number of ether oxygens (including phenoxy) is 1. The van der Waals surface area contributed by atoms with Gasteiger partial charge in [-0.05, 0) is 24.6 Å². The van der Waals surface area contributed by atoms with Crippen molar-refractivity contribution in [1.82, 2.24) is 9.78 Å². The molecule has 0 saturated heterocycles. The maximum absolute atomic E-state index is 11.4. The monoisotopic (exact) mass is 292 g/mol. The van der Waals surface area contributed by atoms with E-state index >= 15 is 0 Å². The number of Topliss-reactive ketones (excluding diaryl/α,β-unsaturated/α-hetero) is 1. The fourth-order valence-electron chi connectivity index (χ4n) is 2.44. The molecule has 1 aromatic heterocycles. The van der Waals surface area contributed by atoms with Gasteiger partial charge < -0.3 is 4.74 Å². The number of nitrogens with zero attached hydrogens (tertiary/aromatic N) is 2. The minimum Gasteiger partial charge on any atom is -0.494 e. The summed E-state index contributed by atoms with van der Waals surface area (Å²) in [6, 6.07) is 15.3. The van der Waals surface area contributed by atoms with Crippen molar-refractivity contribution in [2.24, 2.45) is 0 Å². The Hall–Kier alpha value is -2.88. The molecule has 0 N–H and O–H groups in total. The quantitative estimate of drug-likeness (QED) is 0.688. The molecule has 110 valence electrons. The predicted molar refractivity (Wildman–Crippen MR) is 85.6 cm³/mol. The lowest BCUT2D eigenvalue weighted by molar-refractivity contribution is 0.101. The van der Waals surface area contributed by atoms with Gasteiger partial charge in [0.1, 0.15) is 11.4 Å². The van der Waals surface area contributed by atoms with Crippen molar-refractivity contribution in [2.45, 2.75) is 6.92 Å². The Labute approximate surface area is 129 Å². The second-order valence-electron chi connectivity index (χ2n) is 4.94. The van der Waals surface area contributed by atoms with Gasteiger partial charge in [-0.3, -0.25) is 4.79 Å². The Kier molecular flexibility index (Phi) is 3.74. The highest BCUT2D eigenvalue weighted by molar-refractivity contribution is 5.94. The van der Waals surface area contributed by atoms with Gasteiger partial charge in [0.15, 0.2) is 5.78 Å². The highest BCUT2D eigenvalue weighted by Crippen LogP contribution is 2.33. The van der Waals surface area contributed by atoms with Gasteiger partial charge in [-0.25, -0.2) is 4.68 Å². The maximum atomic E-state index is 11.4. The van der Waals surface area contributed by atoms with Crippen molar-refractivity contribution >= 4 is 5.78 Å². The van der Waals surface area contributed by atoms with Crippen LogP contribution in [-0.2, 0) is 0 Å². The lowest BCUT2D eigenvalue weighted by Crippen LogP contribution is -2.01. The second-order valence-corrected chi connectivity index (χ2v) is 4.94. The third kappa shape index (κ3) is 2.51. The van der Waals surface area contributed by atoms with Crippen LogP contribution >= 0.6 is 0 Å². The van der Waals surface area contributed by atoms with Crippen molar-refractivity contribution in [1.29, 1.82) is 0 Å². The molecule has 0 unspecified atom stereocenters. The largest absolute Gasteiger partial charge is 0.494 e. The number of aromatic nitrogens is 2. The number of methoxy groups -OCH3 is 1. The standard InChI is InChI=1S/C18H16N2O2/c1-13(21)14-7-9-15(10-8-14)16-5-3-6-17(22-2)18(16)20-12-4-11-19-20/h3-12H,1-2H3. The third-order valence-corrected chi connectivity index (χ3v) is 3.55. The van der Waals surface area contributed by atoms with E-state index in [1.54, 1.807) is 24.9 Å². The lowest BCUT2D eigenvalue weighted by Gasteiger charge is -2.14. The molecule has 0 saturated carbocycles. The van der Waals surface area contributed by atoms with E-state index in [9.17, 15) is 4.79 Å². The molecule has 0 radical (unpaired) electrons. The molecule has 0 aliphatic rings. The summed E-state index contributed by atoms with van der Waals surface area (Å²) in [5, 5.41) is 4.31. The molecule has 4 nitrogen and oxygen atoms in total. The Morgan fingerprint density at radius 2 is 1.86 bits per heavy atom. The zero-order chi connectivity index (χ0) is 15.5. The van der Waals surface area contributed by atoms with Crippen molar-refractivity contribution in [3.63, 3.8) is 0 Å². The number of para-hydroxylation sites is 1. The van der Waals surface area contributed by atoms with Gasteiger partial charge in [-0.15, -0.1) is 0 Å². The zero-order valence-corrected chi connectivity index (χ0v) is 12.5. The number of benzene rings is 2. The summed E-state index contributed by atoms with van der Waals surface area (Å²) in [5.74, 6) is 0.807. The van der Waals surface area contributed by atoms with E-state index in [1.807, 2.05) is 54.7 Å². The molecule has 3 rings (SSSR count). The first-order valence-electron chi connectivity index (χ1n) is 6.99. The van der Waals surface area contributed by atoms with Crippen molar-refractivity contribution < 1.29 is 9.53 Å². The first-order valence-corrected chi connectivity index (χ1v) is 6.99. The lowest BCUT2D eigenvalue weighted by atomic mass is 10.0. The first kappa shape index (κ1) is 14.1. The third-order valence-electron chi connectivity index (χ3n) is 3.55. The summed E-state index contributed by atoms with van der Waals surface area (Å²) in [7, 11) is 1.64. The molecule has 0 aliphatic carbocycles. The second kappa shape index (κ2) is 5.85. The molecular formula is C18H16N2O2. The number of ketones is 1. The van der Waals surface area contributed by atoms with E-state index in [4.69, 9.17) is 4.74 Å². The predicted octanol–water partition coefficient (Wildman–Crippen LogP) is 3.75. The van der Waals surface area contributed by atoms with Gasteiger partial charge in [0.25, 0.3) is 0 Å². The maximum Gasteiger partial charge on any atom is 0.159 e. The average molecular weight is 292 g/mol. The van der Waals surface area contributed by atoms with Crippen LogP contribution in [0.5, 0.6) is 5.75 Å². The molecule has 1 heterocycles. The van der Waals surface area contributed by atoms with Crippen LogP contribution in [0.2, 0.25) is 0 Å². The molecule has 2 aromatic carbocycles. The molecule has 22 heavy (non-hydrogen) atoms. The SMILES string of the molecule is COc1cccc(-c2ccc(C(C)=O)cc2)c1-n1cccn1. The Morgan fingerprint density at radius 3 is 2.45 bits per heavy atom. The summed E-state index contributed by atoms with van der Waals surface area (Å²) in [6.45, 7) is 1.57. The first-order chi connectivity index (χ1) is 10.7. The van der Waals surface area contributed by atoms with E-state index in [0.717, 1.165) is 22.6 Å². The molecule has 0 bridgehead atoms. The molecule has 3 aromatic rings. The van der Waals surface area contributed by atoms with E-state index in [0.29, 0.717) is 5.56 Å². The summed E-state index contributed by atoms with van der Waals surface area (Å²) >= 11 is 0. The van der Waals surface area contributed by atoms with Gasteiger partial charge in [0.05, 0.1) is 7.11 Å². The summed E-state index contributed by atoms with van der Waals surface area (Å²) < 4.78 is 7.26. The van der Waals surface area contributed by atoms with Crippen LogP contribution in [0.25, 0.3) is 16.8 Å². The minimum absolute atomic E-state index is 0.0597. The van der Waals surface area contributed by atoms with Crippen LogP contribution in [-0.4, -0.2) is 22.7 Å². The van der Waals surface area contributed by atoms with E-state index in [2.05, 4.69) is 5.10 Å². The number of carbonyl (C=O) groups excluding carboxylic acids is 1. The highest BCUT2D eigenvalue weighted by atomic mass is 16.5. The van der Waals surface area contributed by atoms with Crippen molar-refractivity contribution in [3.8, 4) is 22.6 Å². The van der Waals surface area contributed by atoms with Crippen LogP contribution in [0.3, 0.4) is 0 Å². The van der Waals surface area contributed by atoms with E-state index in [-0.39, 0.29) is 5.78 Å².